The number of hydrogen-bond donors (Lipinski definition) is 1. The van der Waals surface area contributed by atoms with E-state index < -0.39 is 5.60 Å². The van der Waals surface area contributed by atoms with Crippen LogP contribution in [-0.2, 0) is 4.74 Å². The van der Waals surface area contributed by atoms with Gasteiger partial charge in [-0.2, -0.15) is 0 Å². The van der Waals surface area contributed by atoms with Crippen molar-refractivity contribution in [2.24, 2.45) is 0 Å². The summed E-state index contributed by atoms with van der Waals surface area (Å²) in [6.45, 7) is 1.69. The van der Waals surface area contributed by atoms with E-state index >= 15 is 0 Å². The highest BCUT2D eigenvalue weighted by atomic mass is 35.5. The Bertz CT molecular complexity index is 383. The molecule has 0 radical (unpaired) electrons. The van der Waals surface area contributed by atoms with Gasteiger partial charge in [-0.25, -0.2) is 9.97 Å². The van der Waals surface area contributed by atoms with Crippen molar-refractivity contribution in [2.45, 2.75) is 18.4 Å². The predicted octanol–water partition coefficient (Wildman–Crippen LogP) is 1.11. The Morgan fingerprint density at radius 3 is 2.88 bits per heavy atom. The number of nitrogens with zero attached hydrogens (tertiary/aromatic N) is 3. The highest BCUT2D eigenvalue weighted by Gasteiger charge is 2.31. The normalized spacial score (nSPS) is 19.0. The summed E-state index contributed by atoms with van der Waals surface area (Å²) in [5.74, 6) is 0.640. The molecule has 0 aliphatic carbocycles. The molecule has 0 aromatic carbocycles. The van der Waals surface area contributed by atoms with Crippen molar-refractivity contribution in [3.63, 3.8) is 0 Å². The largest absolute Gasteiger partial charge is 0.388 e. The van der Waals surface area contributed by atoms with Gasteiger partial charge in [0.15, 0.2) is 5.82 Å². The van der Waals surface area contributed by atoms with Crippen LogP contribution >= 0.6 is 11.6 Å². The molecule has 1 saturated heterocycles. The summed E-state index contributed by atoms with van der Waals surface area (Å²) >= 11 is 6.01. The molecule has 1 fully saturated rings. The predicted molar refractivity (Wildman–Crippen MR) is 65.3 cm³/mol. The zero-order valence-corrected chi connectivity index (χ0v) is 10.5. The first kappa shape index (κ1) is 12.5. The Hall–Kier alpha value is -0.910. The standard InChI is InChI=1S/C11H16ClN3O2/c1-15(10-9(12)6-13-8-14-10)7-11(16)2-4-17-5-3-11/h6,8,16H,2-5,7H2,1H3. The molecule has 0 unspecified atom stereocenters. The van der Waals surface area contributed by atoms with Gasteiger partial charge in [0.2, 0.25) is 0 Å². The smallest absolute Gasteiger partial charge is 0.150 e. The molecule has 0 amide bonds. The lowest BCUT2D eigenvalue weighted by Gasteiger charge is -2.35. The fourth-order valence-electron chi connectivity index (χ4n) is 2.01. The number of anilines is 1. The van der Waals surface area contributed by atoms with Crippen LogP contribution in [0.3, 0.4) is 0 Å². The van der Waals surface area contributed by atoms with Gasteiger partial charge < -0.3 is 14.7 Å². The van der Waals surface area contributed by atoms with E-state index in [0.29, 0.717) is 43.4 Å². The maximum absolute atomic E-state index is 10.4. The monoisotopic (exact) mass is 257 g/mol. The second-order valence-electron chi connectivity index (χ2n) is 4.39. The van der Waals surface area contributed by atoms with Gasteiger partial charge in [-0.05, 0) is 0 Å². The van der Waals surface area contributed by atoms with Crippen LogP contribution in [-0.4, -0.2) is 47.5 Å². The quantitative estimate of drug-likeness (QED) is 0.879. The topological polar surface area (TPSA) is 58.5 Å². The van der Waals surface area contributed by atoms with Crippen LogP contribution in [0.4, 0.5) is 5.82 Å². The van der Waals surface area contributed by atoms with Crippen LogP contribution in [0.2, 0.25) is 5.02 Å². The van der Waals surface area contributed by atoms with Crippen LogP contribution in [0, 0.1) is 0 Å². The minimum Gasteiger partial charge on any atom is -0.388 e. The molecule has 0 atom stereocenters. The van der Waals surface area contributed by atoms with Crippen LogP contribution in [0.1, 0.15) is 12.8 Å². The van der Waals surface area contributed by atoms with E-state index in [9.17, 15) is 5.11 Å². The maximum Gasteiger partial charge on any atom is 0.150 e. The molecule has 94 valence electrons. The van der Waals surface area contributed by atoms with Gasteiger partial charge in [-0.15, -0.1) is 0 Å². The molecule has 1 aliphatic heterocycles. The van der Waals surface area contributed by atoms with Crippen molar-refractivity contribution in [2.75, 3.05) is 31.7 Å². The molecule has 17 heavy (non-hydrogen) atoms. The van der Waals surface area contributed by atoms with Crippen molar-refractivity contribution < 1.29 is 9.84 Å². The summed E-state index contributed by atoms with van der Waals surface area (Å²) in [4.78, 5) is 9.81. The van der Waals surface area contributed by atoms with Crippen molar-refractivity contribution >= 4 is 17.4 Å². The number of likely N-dealkylation sites (N-methyl/N-ethyl adjacent to an activating group) is 1. The summed E-state index contributed by atoms with van der Waals surface area (Å²) < 4.78 is 5.25. The molecule has 1 aliphatic rings. The highest BCUT2D eigenvalue weighted by molar-refractivity contribution is 6.32. The van der Waals surface area contributed by atoms with Crippen LogP contribution in [0.15, 0.2) is 12.5 Å². The van der Waals surface area contributed by atoms with Crippen molar-refractivity contribution in [3.05, 3.63) is 17.5 Å². The average Bonchev–Trinajstić information content (AvgIpc) is 2.29. The van der Waals surface area contributed by atoms with Crippen LogP contribution in [0.25, 0.3) is 0 Å². The number of halogens is 1. The minimum atomic E-state index is -0.721. The molecule has 2 rings (SSSR count). The molecule has 1 aromatic heterocycles. The summed E-state index contributed by atoms with van der Waals surface area (Å²) in [5, 5.41) is 10.9. The van der Waals surface area contributed by atoms with Gasteiger partial charge in [-0.1, -0.05) is 11.6 Å². The molecule has 1 aromatic rings. The van der Waals surface area contributed by atoms with E-state index in [-0.39, 0.29) is 0 Å². The van der Waals surface area contributed by atoms with E-state index in [1.807, 2.05) is 11.9 Å². The fraction of sp³-hybridized carbons (Fsp3) is 0.636. The second-order valence-corrected chi connectivity index (χ2v) is 4.79. The Balaban J connectivity index is 2.06. The summed E-state index contributed by atoms with van der Waals surface area (Å²) in [5.41, 5.74) is -0.721. The van der Waals surface area contributed by atoms with Crippen molar-refractivity contribution in [1.82, 2.24) is 9.97 Å². The molecule has 0 saturated carbocycles. The number of aromatic nitrogens is 2. The van der Waals surface area contributed by atoms with E-state index in [2.05, 4.69) is 9.97 Å². The van der Waals surface area contributed by atoms with Crippen molar-refractivity contribution in [3.8, 4) is 0 Å². The summed E-state index contributed by atoms with van der Waals surface area (Å²) in [6.07, 6.45) is 4.28. The fourth-order valence-corrected chi connectivity index (χ4v) is 2.26. The first-order valence-electron chi connectivity index (χ1n) is 5.57. The lowest BCUT2D eigenvalue weighted by atomic mass is 9.94. The van der Waals surface area contributed by atoms with Crippen LogP contribution < -0.4 is 4.90 Å². The SMILES string of the molecule is CN(CC1(O)CCOCC1)c1ncncc1Cl. The van der Waals surface area contributed by atoms with Gasteiger partial charge >= 0.3 is 0 Å². The molecule has 0 spiro atoms. The first-order chi connectivity index (χ1) is 8.11. The van der Waals surface area contributed by atoms with E-state index in [1.54, 1.807) is 6.20 Å². The molecule has 2 heterocycles. The molecule has 5 nitrogen and oxygen atoms in total. The van der Waals surface area contributed by atoms with E-state index in [0.717, 1.165) is 0 Å². The Morgan fingerprint density at radius 2 is 2.24 bits per heavy atom. The summed E-state index contributed by atoms with van der Waals surface area (Å²) in [6, 6.07) is 0. The average molecular weight is 258 g/mol. The third-order valence-electron chi connectivity index (χ3n) is 2.96. The number of ether oxygens (including phenoxy) is 1. The number of rotatable bonds is 3. The molecule has 0 bridgehead atoms. The lowest BCUT2D eigenvalue weighted by molar-refractivity contribution is -0.0573. The van der Waals surface area contributed by atoms with Gasteiger partial charge in [0, 0.05) is 39.6 Å². The third kappa shape index (κ3) is 3.06. The molecular weight excluding hydrogens is 242 g/mol. The zero-order chi connectivity index (χ0) is 12.3. The van der Waals surface area contributed by atoms with E-state index in [4.69, 9.17) is 16.3 Å². The number of hydrogen-bond acceptors (Lipinski definition) is 5. The van der Waals surface area contributed by atoms with Gasteiger partial charge in [0.25, 0.3) is 0 Å². The number of aliphatic hydroxyl groups is 1. The lowest BCUT2D eigenvalue weighted by Crippen LogP contribution is -2.46. The third-order valence-corrected chi connectivity index (χ3v) is 3.23. The van der Waals surface area contributed by atoms with Gasteiger partial charge in [0.1, 0.15) is 11.3 Å². The highest BCUT2D eigenvalue weighted by Crippen LogP contribution is 2.26. The Morgan fingerprint density at radius 1 is 1.53 bits per heavy atom. The minimum absolute atomic E-state index is 0.491. The second kappa shape index (κ2) is 5.16. The Kier molecular flexibility index (Phi) is 3.81. The van der Waals surface area contributed by atoms with Gasteiger partial charge in [-0.3, -0.25) is 0 Å². The Labute approximate surface area is 105 Å². The van der Waals surface area contributed by atoms with Crippen LogP contribution in [0.5, 0.6) is 0 Å². The molecule has 6 heteroatoms. The zero-order valence-electron chi connectivity index (χ0n) is 9.77. The van der Waals surface area contributed by atoms with E-state index in [1.165, 1.54) is 6.33 Å². The molecular formula is C11H16ClN3O2. The summed E-state index contributed by atoms with van der Waals surface area (Å²) in [7, 11) is 1.86. The maximum atomic E-state index is 10.4. The molecule has 1 N–H and O–H groups in total. The van der Waals surface area contributed by atoms with Gasteiger partial charge in [0.05, 0.1) is 11.8 Å². The first-order valence-corrected chi connectivity index (χ1v) is 5.95. The van der Waals surface area contributed by atoms with Crippen molar-refractivity contribution in [1.29, 1.82) is 0 Å².